The minimum atomic E-state index is -3.10. The quantitative estimate of drug-likeness (QED) is 0.438. The number of hydrogen-bond donors (Lipinski definition) is 0. The summed E-state index contributed by atoms with van der Waals surface area (Å²) in [5.74, 6) is 0.0237. The average molecular weight is 352 g/mol. The number of hydrogen-bond acceptors (Lipinski definition) is 7. The Hall–Kier alpha value is -2.93. The zero-order chi connectivity index (χ0) is 17.9. The lowest BCUT2D eigenvalue weighted by molar-refractivity contribution is -0.385. The van der Waals surface area contributed by atoms with Gasteiger partial charge in [0.25, 0.3) is 11.4 Å². The fourth-order valence-corrected chi connectivity index (χ4v) is 2.59. The molecule has 0 aliphatic heterocycles. The maximum Gasteiger partial charge on any atom is 0.418 e. The van der Waals surface area contributed by atoms with Crippen molar-refractivity contribution in [3.8, 4) is 11.5 Å². The molecule has 126 valence electrons. The Morgan fingerprint density at radius 1 is 0.833 bits per heavy atom. The molecule has 0 atom stereocenters. The second-order valence-corrected chi connectivity index (χ2v) is 5.77. The Morgan fingerprint density at radius 2 is 1.21 bits per heavy atom. The summed E-state index contributed by atoms with van der Waals surface area (Å²) in [6.45, 7) is 3.12. The summed E-state index contributed by atoms with van der Waals surface area (Å²) < 4.78 is 22.0. The molecule has 0 aliphatic carbocycles. The molecule has 0 aromatic heterocycles. The van der Waals surface area contributed by atoms with E-state index in [9.17, 15) is 24.8 Å². The van der Waals surface area contributed by atoms with E-state index in [1.807, 2.05) is 0 Å². The maximum atomic E-state index is 11.9. The van der Waals surface area contributed by atoms with E-state index in [0.717, 1.165) is 12.1 Å². The van der Waals surface area contributed by atoms with E-state index in [2.05, 4.69) is 0 Å². The molecule has 0 fully saturated rings. The zero-order valence-electron chi connectivity index (χ0n) is 12.7. The van der Waals surface area contributed by atoms with Gasteiger partial charge in [-0.15, -0.1) is 0 Å². The van der Waals surface area contributed by atoms with Crippen LogP contribution in [-0.4, -0.2) is 9.85 Å². The van der Waals surface area contributed by atoms with Crippen molar-refractivity contribution in [2.24, 2.45) is 0 Å². The van der Waals surface area contributed by atoms with Crippen molar-refractivity contribution in [3.05, 3.63) is 67.8 Å². The third-order valence-corrected chi connectivity index (χ3v) is 3.96. The Labute approximate surface area is 137 Å². The molecule has 0 unspecified atom stereocenters. The topological polar surface area (TPSA) is 122 Å². The van der Waals surface area contributed by atoms with Gasteiger partial charge in [0.15, 0.2) is 0 Å². The molecule has 10 heteroatoms. The summed E-state index contributed by atoms with van der Waals surface area (Å²) in [6.07, 6.45) is 0. The van der Waals surface area contributed by atoms with Gasteiger partial charge in [-0.3, -0.25) is 20.2 Å². The van der Waals surface area contributed by atoms with Crippen LogP contribution in [0.3, 0.4) is 0 Å². The lowest BCUT2D eigenvalue weighted by Gasteiger charge is -2.09. The van der Waals surface area contributed by atoms with Gasteiger partial charge < -0.3 is 9.05 Å². The Kier molecular flexibility index (Phi) is 5.15. The second kappa shape index (κ2) is 7.10. The molecule has 0 bridgehead atoms. The van der Waals surface area contributed by atoms with E-state index in [1.54, 1.807) is 13.8 Å². The number of aryl methyl sites for hydroxylation is 2. The standard InChI is InChI=1S/C14H13N2O7P/c1-9-3-5-11(7-13(9)15(17)18)22-24(21)23-12-6-4-10(2)14(8-12)16(19)20/h3-8,24H,1-2H3. The van der Waals surface area contributed by atoms with Gasteiger partial charge >= 0.3 is 8.25 Å². The minimum absolute atomic E-state index is 0.0119. The number of nitrogens with zero attached hydrogens (tertiary/aromatic N) is 2. The maximum absolute atomic E-state index is 11.9. The first-order valence-corrected chi connectivity index (χ1v) is 7.90. The van der Waals surface area contributed by atoms with Gasteiger partial charge in [-0.1, -0.05) is 0 Å². The summed E-state index contributed by atoms with van der Waals surface area (Å²) in [5, 5.41) is 21.7. The highest BCUT2D eigenvalue weighted by Crippen LogP contribution is 2.34. The molecule has 0 saturated carbocycles. The van der Waals surface area contributed by atoms with Crippen molar-refractivity contribution in [1.82, 2.24) is 0 Å². The molecule has 0 radical (unpaired) electrons. The highest BCUT2D eigenvalue weighted by Gasteiger charge is 2.15. The molecule has 9 nitrogen and oxygen atoms in total. The fourth-order valence-electron chi connectivity index (χ4n) is 1.91. The monoisotopic (exact) mass is 352 g/mol. The molecule has 0 aliphatic rings. The first-order chi connectivity index (χ1) is 11.3. The molecule has 2 aromatic rings. The number of rotatable bonds is 6. The minimum Gasteiger partial charge on any atom is -0.418 e. The van der Waals surface area contributed by atoms with Crippen molar-refractivity contribution in [1.29, 1.82) is 0 Å². The molecular weight excluding hydrogens is 339 g/mol. The molecule has 0 N–H and O–H groups in total. The normalized spacial score (nSPS) is 10.5. The molecule has 2 aromatic carbocycles. The van der Waals surface area contributed by atoms with Crippen LogP contribution in [0.4, 0.5) is 11.4 Å². The second-order valence-electron chi connectivity index (χ2n) is 4.86. The smallest absolute Gasteiger partial charge is 0.418 e. The van der Waals surface area contributed by atoms with Crippen LogP contribution < -0.4 is 9.05 Å². The summed E-state index contributed by atoms with van der Waals surface area (Å²) in [4.78, 5) is 20.6. The highest BCUT2D eigenvalue weighted by molar-refractivity contribution is 7.34. The number of benzene rings is 2. The fraction of sp³-hybridized carbons (Fsp3) is 0.143. The van der Waals surface area contributed by atoms with Gasteiger partial charge in [0.1, 0.15) is 11.5 Å². The predicted octanol–water partition coefficient (Wildman–Crippen LogP) is 3.97. The lowest BCUT2D eigenvalue weighted by Crippen LogP contribution is -1.95. The van der Waals surface area contributed by atoms with Crippen LogP contribution >= 0.6 is 8.25 Å². The first-order valence-electron chi connectivity index (χ1n) is 6.67. The summed E-state index contributed by atoms with van der Waals surface area (Å²) in [7, 11) is -3.10. The molecule has 2 rings (SSSR count). The number of nitro benzene ring substituents is 2. The largest absolute Gasteiger partial charge is 0.418 e. The van der Waals surface area contributed by atoms with Crippen LogP contribution in [0.25, 0.3) is 0 Å². The highest BCUT2D eigenvalue weighted by atomic mass is 31.1. The predicted molar refractivity (Wildman–Crippen MR) is 85.9 cm³/mol. The van der Waals surface area contributed by atoms with Crippen molar-refractivity contribution < 1.29 is 23.5 Å². The average Bonchev–Trinajstić information content (AvgIpc) is 2.50. The van der Waals surface area contributed by atoms with Crippen LogP contribution in [0.15, 0.2) is 36.4 Å². The van der Waals surface area contributed by atoms with Crippen LogP contribution in [-0.2, 0) is 4.57 Å². The Bertz CT molecular complexity index is 770. The van der Waals surface area contributed by atoms with E-state index < -0.39 is 18.1 Å². The van der Waals surface area contributed by atoms with Crippen LogP contribution in [0.5, 0.6) is 11.5 Å². The Morgan fingerprint density at radius 3 is 1.54 bits per heavy atom. The first kappa shape index (κ1) is 17.4. The lowest BCUT2D eigenvalue weighted by atomic mass is 10.2. The van der Waals surface area contributed by atoms with Crippen molar-refractivity contribution >= 4 is 19.6 Å². The van der Waals surface area contributed by atoms with Gasteiger partial charge in [0, 0.05) is 11.1 Å². The van der Waals surface area contributed by atoms with Crippen LogP contribution in [0, 0.1) is 34.1 Å². The number of nitro groups is 2. The van der Waals surface area contributed by atoms with Crippen molar-refractivity contribution in [2.75, 3.05) is 0 Å². The van der Waals surface area contributed by atoms with Crippen molar-refractivity contribution in [2.45, 2.75) is 13.8 Å². The van der Waals surface area contributed by atoms with Crippen LogP contribution in [0.2, 0.25) is 0 Å². The van der Waals surface area contributed by atoms with E-state index in [1.165, 1.54) is 24.3 Å². The molecule has 24 heavy (non-hydrogen) atoms. The van der Waals surface area contributed by atoms with E-state index in [0.29, 0.717) is 11.1 Å². The summed E-state index contributed by atoms with van der Waals surface area (Å²) in [6, 6.07) is 8.04. The van der Waals surface area contributed by atoms with E-state index in [-0.39, 0.29) is 22.9 Å². The van der Waals surface area contributed by atoms with Gasteiger partial charge in [-0.05, 0) is 38.1 Å². The molecule has 0 amide bonds. The molecule has 0 saturated heterocycles. The third-order valence-electron chi connectivity index (χ3n) is 3.16. The van der Waals surface area contributed by atoms with Gasteiger partial charge in [-0.2, -0.15) is 0 Å². The molecule has 0 heterocycles. The van der Waals surface area contributed by atoms with E-state index in [4.69, 9.17) is 9.05 Å². The van der Waals surface area contributed by atoms with Crippen LogP contribution in [0.1, 0.15) is 11.1 Å². The summed E-state index contributed by atoms with van der Waals surface area (Å²) >= 11 is 0. The molecular formula is C14H13N2O7P. The SMILES string of the molecule is Cc1ccc(O[PH](=O)Oc2ccc(C)c([N+](=O)[O-])c2)cc1[N+](=O)[O-]. The zero-order valence-corrected chi connectivity index (χ0v) is 13.7. The summed E-state index contributed by atoms with van der Waals surface area (Å²) in [5.41, 5.74) is 0.519. The molecule has 0 spiro atoms. The third kappa shape index (κ3) is 4.08. The van der Waals surface area contributed by atoms with Gasteiger partial charge in [0.2, 0.25) is 0 Å². The van der Waals surface area contributed by atoms with Gasteiger partial charge in [0.05, 0.1) is 22.0 Å². The van der Waals surface area contributed by atoms with Gasteiger partial charge in [-0.25, -0.2) is 4.57 Å². The van der Waals surface area contributed by atoms with Crippen molar-refractivity contribution in [3.63, 3.8) is 0 Å². The van der Waals surface area contributed by atoms with E-state index >= 15 is 0 Å². The Balaban J connectivity index is 2.14.